The molecule has 0 heterocycles. The molecule has 1 saturated carbocycles. The van der Waals surface area contributed by atoms with Crippen LogP contribution in [0.1, 0.15) is 25.3 Å². The van der Waals surface area contributed by atoms with Crippen molar-refractivity contribution in [3.8, 4) is 11.5 Å². The molecular weight excluding hydrogens is 441 g/mol. The second-order valence-electron chi connectivity index (χ2n) is 6.70. The minimum atomic E-state index is 0. The number of nitrogens with zero attached hydrogens (tertiary/aromatic N) is 1. The van der Waals surface area contributed by atoms with Gasteiger partial charge in [-0.2, -0.15) is 0 Å². The summed E-state index contributed by atoms with van der Waals surface area (Å²) < 4.78 is 10.5. The van der Waals surface area contributed by atoms with E-state index >= 15 is 0 Å². The summed E-state index contributed by atoms with van der Waals surface area (Å²) in [6.45, 7) is 2.28. The Morgan fingerprint density at radius 3 is 2.35 bits per heavy atom. The van der Waals surface area contributed by atoms with Gasteiger partial charge in [-0.25, -0.2) is 4.99 Å². The fraction of sp³-hybridized carbons (Fsp3) is 0.350. The van der Waals surface area contributed by atoms with E-state index in [-0.39, 0.29) is 35.4 Å². The molecule has 3 rings (SSSR count). The van der Waals surface area contributed by atoms with Crippen LogP contribution < -0.4 is 20.5 Å². The van der Waals surface area contributed by atoms with Crippen molar-refractivity contribution in [2.24, 2.45) is 10.7 Å². The molecule has 0 aromatic heterocycles. The number of nitrogens with one attached hydrogen (secondary N) is 1. The number of rotatable bonds is 5. The Bertz CT molecular complexity index is 759. The second kappa shape index (κ2) is 8.62. The van der Waals surface area contributed by atoms with E-state index in [9.17, 15) is 0 Å². The van der Waals surface area contributed by atoms with Gasteiger partial charge in [-0.1, -0.05) is 37.3 Å². The van der Waals surface area contributed by atoms with Crippen LogP contribution in [0.3, 0.4) is 0 Å². The van der Waals surface area contributed by atoms with E-state index in [0.717, 1.165) is 18.5 Å². The smallest absolute Gasteiger partial charge is 0.193 e. The highest BCUT2D eigenvalue weighted by Gasteiger charge is 2.41. The first-order chi connectivity index (χ1) is 12.0. The summed E-state index contributed by atoms with van der Waals surface area (Å²) in [5.41, 5.74) is 8.46. The largest absolute Gasteiger partial charge is 0.493 e. The first-order valence-corrected chi connectivity index (χ1v) is 8.42. The van der Waals surface area contributed by atoms with Crippen molar-refractivity contribution < 1.29 is 9.47 Å². The highest BCUT2D eigenvalue weighted by molar-refractivity contribution is 14.0. The molecule has 140 valence electrons. The van der Waals surface area contributed by atoms with Crippen molar-refractivity contribution in [3.05, 3.63) is 54.1 Å². The van der Waals surface area contributed by atoms with Crippen molar-refractivity contribution in [2.75, 3.05) is 19.5 Å². The molecule has 0 bridgehead atoms. The average Bonchev–Trinajstić information content (AvgIpc) is 2.60. The standard InChI is InChI=1S/C20H25N3O2.HI/c1-20(14-7-5-4-6-8-14)12-16(13-20)23-19(21)22-15-9-10-17(24-2)18(11-15)25-3;/h4-11,16H,12-13H2,1-3H3,(H3,21,22,23);1H. The van der Waals surface area contributed by atoms with Crippen molar-refractivity contribution in [1.29, 1.82) is 0 Å². The highest BCUT2D eigenvalue weighted by atomic mass is 127. The third-order valence-corrected chi connectivity index (χ3v) is 4.82. The number of benzene rings is 2. The summed E-state index contributed by atoms with van der Waals surface area (Å²) >= 11 is 0. The number of halogens is 1. The van der Waals surface area contributed by atoms with Gasteiger partial charge >= 0.3 is 0 Å². The van der Waals surface area contributed by atoms with Crippen LogP contribution in [0.2, 0.25) is 0 Å². The molecule has 0 amide bonds. The van der Waals surface area contributed by atoms with E-state index in [1.165, 1.54) is 5.56 Å². The Morgan fingerprint density at radius 1 is 1.08 bits per heavy atom. The molecule has 0 spiro atoms. The molecule has 0 radical (unpaired) electrons. The fourth-order valence-electron chi connectivity index (χ4n) is 3.44. The molecule has 26 heavy (non-hydrogen) atoms. The number of anilines is 1. The maximum absolute atomic E-state index is 6.07. The van der Waals surface area contributed by atoms with Crippen molar-refractivity contribution >= 4 is 35.6 Å². The SMILES string of the molecule is COc1ccc(NC(N)=NC2CC(C)(c3ccccc3)C2)cc1OC.I. The number of hydrogen-bond acceptors (Lipinski definition) is 3. The molecule has 5 nitrogen and oxygen atoms in total. The normalized spacial score (nSPS) is 22.0. The summed E-state index contributed by atoms with van der Waals surface area (Å²) in [5, 5.41) is 3.13. The van der Waals surface area contributed by atoms with Crippen LogP contribution >= 0.6 is 24.0 Å². The molecule has 0 saturated heterocycles. The van der Waals surface area contributed by atoms with Crippen molar-refractivity contribution in [1.82, 2.24) is 0 Å². The van der Waals surface area contributed by atoms with Gasteiger partial charge in [-0.05, 0) is 36.0 Å². The van der Waals surface area contributed by atoms with E-state index < -0.39 is 0 Å². The molecule has 2 aromatic rings. The Morgan fingerprint density at radius 2 is 1.73 bits per heavy atom. The van der Waals surface area contributed by atoms with Crippen LogP contribution in [0.4, 0.5) is 5.69 Å². The summed E-state index contributed by atoms with van der Waals surface area (Å²) in [5.74, 6) is 1.76. The highest BCUT2D eigenvalue weighted by Crippen LogP contribution is 2.44. The molecule has 3 N–H and O–H groups in total. The predicted molar refractivity (Wildman–Crippen MR) is 117 cm³/mol. The van der Waals surface area contributed by atoms with Gasteiger partial charge < -0.3 is 20.5 Å². The van der Waals surface area contributed by atoms with E-state index in [1.54, 1.807) is 14.2 Å². The molecule has 6 heteroatoms. The Balaban J connectivity index is 0.00000243. The molecule has 0 unspecified atom stereocenters. The number of aliphatic imine (C=N–C) groups is 1. The van der Waals surface area contributed by atoms with Crippen LogP contribution in [0.25, 0.3) is 0 Å². The van der Waals surface area contributed by atoms with Crippen LogP contribution in [0.15, 0.2) is 53.5 Å². The van der Waals surface area contributed by atoms with E-state index in [4.69, 9.17) is 15.2 Å². The number of ether oxygens (including phenoxy) is 2. The van der Waals surface area contributed by atoms with Crippen LogP contribution in [-0.4, -0.2) is 26.2 Å². The molecule has 0 aliphatic heterocycles. The molecule has 0 atom stereocenters. The summed E-state index contributed by atoms with van der Waals surface area (Å²) in [6, 6.07) is 16.4. The van der Waals surface area contributed by atoms with Crippen LogP contribution in [0.5, 0.6) is 11.5 Å². The van der Waals surface area contributed by atoms with Gasteiger partial charge in [0, 0.05) is 11.8 Å². The molecule has 1 fully saturated rings. The maximum atomic E-state index is 6.07. The lowest BCUT2D eigenvalue weighted by Gasteiger charge is -2.44. The van der Waals surface area contributed by atoms with Crippen molar-refractivity contribution in [2.45, 2.75) is 31.2 Å². The lowest BCUT2D eigenvalue weighted by atomic mass is 9.63. The van der Waals surface area contributed by atoms with E-state index in [0.29, 0.717) is 17.5 Å². The number of hydrogen-bond donors (Lipinski definition) is 2. The number of methoxy groups -OCH3 is 2. The topological polar surface area (TPSA) is 68.9 Å². The third-order valence-electron chi connectivity index (χ3n) is 4.82. The van der Waals surface area contributed by atoms with Gasteiger partial charge in [0.15, 0.2) is 17.5 Å². The van der Waals surface area contributed by atoms with E-state index in [1.807, 2.05) is 24.3 Å². The minimum Gasteiger partial charge on any atom is -0.493 e. The Kier molecular flexibility index (Phi) is 6.75. The van der Waals surface area contributed by atoms with E-state index in [2.05, 4.69) is 41.5 Å². The van der Waals surface area contributed by atoms with Crippen LogP contribution in [-0.2, 0) is 5.41 Å². The van der Waals surface area contributed by atoms with Gasteiger partial charge in [0.2, 0.25) is 0 Å². The lowest BCUT2D eigenvalue weighted by Crippen LogP contribution is -2.42. The molecule has 1 aliphatic rings. The lowest BCUT2D eigenvalue weighted by molar-refractivity contribution is 0.229. The zero-order chi connectivity index (χ0) is 17.9. The predicted octanol–water partition coefficient (Wildman–Crippen LogP) is 4.17. The van der Waals surface area contributed by atoms with Gasteiger partial charge in [0.1, 0.15) is 0 Å². The van der Waals surface area contributed by atoms with Gasteiger partial charge in [-0.15, -0.1) is 24.0 Å². The Labute approximate surface area is 172 Å². The first-order valence-electron chi connectivity index (χ1n) is 8.42. The second-order valence-corrected chi connectivity index (χ2v) is 6.70. The summed E-state index contributed by atoms with van der Waals surface area (Å²) in [7, 11) is 3.22. The maximum Gasteiger partial charge on any atom is 0.193 e. The molecule has 2 aromatic carbocycles. The monoisotopic (exact) mass is 467 g/mol. The third kappa shape index (κ3) is 4.41. The zero-order valence-corrected chi connectivity index (χ0v) is 17.7. The number of guanidine groups is 1. The zero-order valence-electron chi connectivity index (χ0n) is 15.4. The van der Waals surface area contributed by atoms with Gasteiger partial charge in [0.05, 0.1) is 20.3 Å². The quantitative estimate of drug-likeness (QED) is 0.394. The number of nitrogens with two attached hydrogens (primary N) is 1. The summed E-state index contributed by atoms with van der Waals surface area (Å²) in [6.07, 6.45) is 2.01. The molecule has 1 aliphatic carbocycles. The Hall–Kier alpha value is -1.96. The van der Waals surface area contributed by atoms with Crippen LogP contribution in [0, 0.1) is 0 Å². The van der Waals surface area contributed by atoms with Gasteiger partial charge in [0.25, 0.3) is 0 Å². The van der Waals surface area contributed by atoms with Crippen molar-refractivity contribution in [3.63, 3.8) is 0 Å². The van der Waals surface area contributed by atoms with Gasteiger partial charge in [-0.3, -0.25) is 0 Å². The average molecular weight is 467 g/mol. The summed E-state index contributed by atoms with van der Waals surface area (Å²) in [4.78, 5) is 4.61. The minimum absolute atomic E-state index is 0. The fourth-order valence-corrected chi connectivity index (χ4v) is 3.44. The molecular formula is C20H26IN3O2. The first kappa shape index (κ1) is 20.4.